The van der Waals surface area contributed by atoms with Crippen molar-refractivity contribution < 1.29 is 19.1 Å². The number of ether oxygens (including phenoxy) is 2. The van der Waals surface area contributed by atoms with Crippen LogP contribution in [0.25, 0.3) is 0 Å². The number of carbonyl (C=O) groups is 2. The lowest BCUT2D eigenvalue weighted by atomic mass is 9.44. The molecule has 2 saturated carbocycles. The van der Waals surface area contributed by atoms with Crippen LogP contribution < -0.4 is 5.32 Å². The summed E-state index contributed by atoms with van der Waals surface area (Å²) in [5.74, 6) is -0.224. The standard InChI is InChI=1S/C30H35NO4/c1-18-27(2)16-17-28(18,3)30(5)24-22(35-26(33)20-14-10-7-11-15-20)21(23(31-24)29(27,30)4)34-25(32)19-12-8-6-9-13-19/h6-15,18,21-24,31H,16-17H2,1-5H3. The van der Waals surface area contributed by atoms with Gasteiger partial charge in [-0.3, -0.25) is 0 Å². The molecule has 5 nitrogen and oxygen atoms in total. The van der Waals surface area contributed by atoms with E-state index in [-0.39, 0.29) is 45.7 Å². The van der Waals surface area contributed by atoms with E-state index in [2.05, 4.69) is 39.9 Å². The second-order valence-corrected chi connectivity index (χ2v) is 12.1. The molecule has 0 spiro atoms. The molecule has 184 valence electrons. The van der Waals surface area contributed by atoms with Gasteiger partial charge in [0.15, 0.2) is 12.2 Å². The van der Waals surface area contributed by atoms with Gasteiger partial charge in [0.05, 0.1) is 23.2 Å². The van der Waals surface area contributed by atoms with Crippen molar-refractivity contribution in [2.75, 3.05) is 0 Å². The predicted molar refractivity (Wildman–Crippen MR) is 133 cm³/mol. The zero-order valence-electron chi connectivity index (χ0n) is 21.2. The topological polar surface area (TPSA) is 64.6 Å². The Kier molecular flexibility index (Phi) is 4.68. The molecule has 2 aromatic carbocycles. The summed E-state index contributed by atoms with van der Waals surface area (Å²) in [7, 11) is 0. The smallest absolute Gasteiger partial charge is 0.338 e. The Hall–Kier alpha value is -2.66. The van der Waals surface area contributed by atoms with Gasteiger partial charge in [-0.25, -0.2) is 9.59 Å². The third-order valence-electron chi connectivity index (χ3n) is 11.6. The predicted octanol–water partition coefficient (Wildman–Crippen LogP) is 5.26. The first-order chi connectivity index (χ1) is 16.6. The molecule has 8 atom stereocenters. The minimum Gasteiger partial charge on any atom is -0.453 e. The first kappa shape index (κ1) is 22.8. The van der Waals surface area contributed by atoms with Crippen LogP contribution in [0.1, 0.15) is 68.2 Å². The van der Waals surface area contributed by atoms with Crippen molar-refractivity contribution in [1.29, 1.82) is 0 Å². The van der Waals surface area contributed by atoms with Gasteiger partial charge in [0.25, 0.3) is 0 Å². The molecule has 4 aliphatic rings. The molecular formula is C30H35NO4. The SMILES string of the molecule is CC1C2(C)CCC1(C)C1(C)C3NC(C(OC(=O)c4ccccc4)C3OC(=O)c3ccccc3)C21C. The van der Waals surface area contributed by atoms with Crippen LogP contribution in [0.4, 0.5) is 0 Å². The molecule has 0 radical (unpaired) electrons. The average Bonchev–Trinajstić information content (AvgIpc) is 3.46. The molecule has 35 heavy (non-hydrogen) atoms. The van der Waals surface area contributed by atoms with Crippen LogP contribution in [0.3, 0.4) is 0 Å². The summed E-state index contributed by atoms with van der Waals surface area (Å²) >= 11 is 0. The molecule has 4 fully saturated rings. The summed E-state index contributed by atoms with van der Waals surface area (Å²) in [6.45, 7) is 12.0. The number of hydrogen-bond donors (Lipinski definition) is 1. The van der Waals surface area contributed by atoms with E-state index in [1.165, 1.54) is 0 Å². The maximum Gasteiger partial charge on any atom is 0.338 e. The van der Waals surface area contributed by atoms with E-state index in [1.54, 1.807) is 24.3 Å². The number of rotatable bonds is 4. The number of nitrogens with one attached hydrogen (secondary N) is 1. The van der Waals surface area contributed by atoms with E-state index < -0.39 is 12.2 Å². The number of esters is 2. The summed E-state index contributed by atoms with van der Waals surface area (Å²) in [5.41, 5.74) is 1.03. The summed E-state index contributed by atoms with van der Waals surface area (Å²) in [6, 6.07) is 18.0. The largest absolute Gasteiger partial charge is 0.453 e. The fourth-order valence-electron chi connectivity index (χ4n) is 9.17. The lowest BCUT2D eigenvalue weighted by molar-refractivity contribution is -0.153. The second kappa shape index (κ2) is 7.19. The van der Waals surface area contributed by atoms with Crippen LogP contribution >= 0.6 is 0 Å². The van der Waals surface area contributed by atoms with E-state index in [4.69, 9.17) is 9.47 Å². The van der Waals surface area contributed by atoms with Crippen molar-refractivity contribution in [3.63, 3.8) is 0 Å². The minimum absolute atomic E-state index is 0.0895. The van der Waals surface area contributed by atoms with Crippen molar-refractivity contribution in [2.24, 2.45) is 27.6 Å². The molecule has 2 heterocycles. The maximum absolute atomic E-state index is 13.2. The summed E-state index contributed by atoms with van der Waals surface area (Å²) in [6.07, 6.45) is 1.22. The van der Waals surface area contributed by atoms with Crippen LogP contribution in [0, 0.1) is 27.6 Å². The van der Waals surface area contributed by atoms with Gasteiger partial charge in [0.2, 0.25) is 0 Å². The van der Waals surface area contributed by atoms with Gasteiger partial charge in [0.1, 0.15) is 0 Å². The summed E-state index contributed by atoms with van der Waals surface area (Å²) < 4.78 is 12.5. The first-order valence-electron chi connectivity index (χ1n) is 12.9. The molecular weight excluding hydrogens is 438 g/mol. The summed E-state index contributed by atoms with van der Waals surface area (Å²) in [4.78, 5) is 26.5. The first-order valence-corrected chi connectivity index (χ1v) is 12.9. The highest BCUT2D eigenvalue weighted by atomic mass is 16.6. The van der Waals surface area contributed by atoms with E-state index in [0.29, 0.717) is 17.0 Å². The minimum atomic E-state index is -0.551. The molecule has 0 aromatic heterocycles. The molecule has 6 rings (SSSR count). The Morgan fingerprint density at radius 1 is 0.714 bits per heavy atom. The molecule has 8 unspecified atom stereocenters. The number of fused-ring (bicyclic) bond motifs is 9. The van der Waals surface area contributed by atoms with E-state index in [1.807, 2.05) is 36.4 Å². The fourth-order valence-corrected chi connectivity index (χ4v) is 9.17. The third-order valence-corrected chi connectivity index (χ3v) is 11.6. The van der Waals surface area contributed by atoms with Gasteiger partial charge in [-0.1, -0.05) is 71.0 Å². The van der Waals surface area contributed by atoms with Crippen LogP contribution in [0.2, 0.25) is 0 Å². The Morgan fingerprint density at radius 2 is 1.09 bits per heavy atom. The molecule has 0 amide bonds. The second-order valence-electron chi connectivity index (χ2n) is 12.1. The molecule has 1 N–H and O–H groups in total. The number of carbonyl (C=O) groups excluding carboxylic acids is 2. The zero-order valence-corrected chi connectivity index (χ0v) is 21.2. The molecule has 5 heteroatoms. The van der Waals surface area contributed by atoms with Gasteiger partial charge in [0, 0.05) is 0 Å². The van der Waals surface area contributed by atoms with Crippen LogP contribution in [0.5, 0.6) is 0 Å². The van der Waals surface area contributed by atoms with Crippen molar-refractivity contribution in [2.45, 2.75) is 71.8 Å². The third kappa shape index (κ3) is 2.53. The van der Waals surface area contributed by atoms with Crippen LogP contribution in [-0.4, -0.2) is 36.2 Å². The van der Waals surface area contributed by atoms with Gasteiger partial charge in [-0.15, -0.1) is 0 Å². The Balaban J connectivity index is 1.41. The Bertz CT molecular complexity index is 1090. The Labute approximate surface area is 207 Å². The van der Waals surface area contributed by atoms with Crippen LogP contribution in [0.15, 0.2) is 60.7 Å². The molecule has 2 aliphatic heterocycles. The molecule has 2 aliphatic carbocycles. The van der Waals surface area contributed by atoms with Gasteiger partial charge in [-0.2, -0.15) is 0 Å². The maximum atomic E-state index is 13.2. The number of hydrogen-bond acceptors (Lipinski definition) is 5. The van der Waals surface area contributed by atoms with Crippen molar-refractivity contribution >= 4 is 11.9 Å². The van der Waals surface area contributed by atoms with E-state index in [9.17, 15) is 9.59 Å². The lowest BCUT2D eigenvalue weighted by Gasteiger charge is -2.60. The van der Waals surface area contributed by atoms with Crippen LogP contribution in [-0.2, 0) is 9.47 Å². The normalized spacial score (nSPS) is 44.8. The average molecular weight is 474 g/mol. The highest BCUT2D eigenvalue weighted by Gasteiger charge is 2.87. The molecule has 2 saturated heterocycles. The zero-order chi connectivity index (χ0) is 24.8. The van der Waals surface area contributed by atoms with Gasteiger partial charge in [-0.05, 0) is 64.7 Å². The van der Waals surface area contributed by atoms with Crippen molar-refractivity contribution in [3.8, 4) is 0 Å². The monoisotopic (exact) mass is 473 g/mol. The number of benzene rings is 2. The van der Waals surface area contributed by atoms with Gasteiger partial charge >= 0.3 is 11.9 Å². The highest BCUT2D eigenvalue weighted by Crippen LogP contribution is 2.85. The van der Waals surface area contributed by atoms with E-state index in [0.717, 1.165) is 12.8 Å². The van der Waals surface area contributed by atoms with Crippen molar-refractivity contribution in [3.05, 3.63) is 71.8 Å². The highest BCUT2D eigenvalue weighted by molar-refractivity contribution is 5.90. The molecule has 2 aromatic rings. The molecule has 4 bridgehead atoms. The van der Waals surface area contributed by atoms with E-state index >= 15 is 0 Å². The lowest BCUT2D eigenvalue weighted by Crippen LogP contribution is -2.65. The quantitative estimate of drug-likeness (QED) is 0.614. The Morgan fingerprint density at radius 3 is 1.46 bits per heavy atom. The van der Waals surface area contributed by atoms with Gasteiger partial charge < -0.3 is 14.8 Å². The fraction of sp³-hybridized carbons (Fsp3) is 0.533. The summed E-state index contributed by atoms with van der Waals surface area (Å²) in [5, 5.41) is 3.84. The van der Waals surface area contributed by atoms with Crippen molar-refractivity contribution in [1.82, 2.24) is 5.32 Å².